The lowest BCUT2D eigenvalue weighted by molar-refractivity contribution is 0.355. The average Bonchev–Trinajstić information content (AvgIpc) is 3.22. The number of rotatable bonds is 5. The Bertz CT molecular complexity index is 938. The summed E-state index contributed by atoms with van der Waals surface area (Å²) < 4.78 is 13.4. The number of nitrogens with one attached hydrogen (secondary N) is 2. The van der Waals surface area contributed by atoms with Crippen molar-refractivity contribution in [1.82, 2.24) is 15.3 Å². The topological polar surface area (TPSA) is 53.1 Å². The predicted octanol–water partition coefficient (Wildman–Crippen LogP) is 5.55. The van der Waals surface area contributed by atoms with Gasteiger partial charge in [0.2, 0.25) is 5.95 Å². The minimum atomic E-state index is -0.210. The van der Waals surface area contributed by atoms with E-state index in [1.165, 1.54) is 18.6 Å². The zero-order valence-electron chi connectivity index (χ0n) is 18.7. The van der Waals surface area contributed by atoms with Crippen LogP contribution >= 0.6 is 23.8 Å². The molecule has 8 heteroatoms. The summed E-state index contributed by atoms with van der Waals surface area (Å²) in [6.45, 7) is 7.13. The van der Waals surface area contributed by atoms with E-state index in [-0.39, 0.29) is 11.2 Å². The largest absolute Gasteiger partial charge is 0.361 e. The second-order valence-corrected chi connectivity index (χ2v) is 10.3. The molecule has 2 fully saturated rings. The molecule has 2 heterocycles. The van der Waals surface area contributed by atoms with E-state index >= 15 is 0 Å². The molecule has 5 nitrogen and oxygen atoms in total. The molecule has 1 aromatic carbocycles. The van der Waals surface area contributed by atoms with Crippen LogP contribution in [-0.4, -0.2) is 34.7 Å². The van der Waals surface area contributed by atoms with Crippen LogP contribution in [0.3, 0.4) is 0 Å². The van der Waals surface area contributed by atoms with Crippen molar-refractivity contribution in [3.63, 3.8) is 0 Å². The van der Waals surface area contributed by atoms with E-state index in [9.17, 15) is 4.39 Å². The normalized spacial score (nSPS) is 22.6. The number of halogens is 2. The molecule has 2 aromatic rings. The summed E-state index contributed by atoms with van der Waals surface area (Å²) in [5.41, 5.74) is 1.11. The van der Waals surface area contributed by atoms with Crippen LogP contribution < -0.4 is 15.5 Å². The summed E-state index contributed by atoms with van der Waals surface area (Å²) >= 11 is 11.9. The summed E-state index contributed by atoms with van der Waals surface area (Å²) in [6.07, 6.45) is 5.65. The van der Waals surface area contributed by atoms with Gasteiger partial charge in [-0.3, -0.25) is 0 Å². The Morgan fingerprint density at radius 2 is 1.81 bits per heavy atom. The fraction of sp³-hybridized carbons (Fsp3) is 0.542. The Balaban J connectivity index is 1.42. The molecule has 2 atom stereocenters. The number of benzene rings is 1. The van der Waals surface area contributed by atoms with Gasteiger partial charge >= 0.3 is 0 Å². The highest BCUT2D eigenvalue weighted by atomic mass is 35.5. The Hall–Kier alpha value is -1.99. The maximum Gasteiger partial charge on any atom is 0.232 e. The van der Waals surface area contributed by atoms with E-state index in [4.69, 9.17) is 23.8 Å². The third-order valence-corrected chi connectivity index (χ3v) is 7.14. The van der Waals surface area contributed by atoms with Crippen LogP contribution in [0.15, 0.2) is 30.3 Å². The molecule has 2 N–H and O–H groups in total. The number of hydrogen-bond donors (Lipinski definition) is 2. The van der Waals surface area contributed by atoms with Crippen molar-refractivity contribution in [3.05, 3.63) is 46.9 Å². The van der Waals surface area contributed by atoms with Gasteiger partial charge in [0.05, 0.1) is 0 Å². The van der Waals surface area contributed by atoms with Gasteiger partial charge in [-0.15, -0.1) is 0 Å². The molecular formula is C24H31ClFN5S. The Kier molecular flexibility index (Phi) is 7.15. The number of piperidine rings is 1. The maximum absolute atomic E-state index is 13.4. The molecule has 32 heavy (non-hydrogen) atoms. The quantitative estimate of drug-likeness (QED) is 0.436. The van der Waals surface area contributed by atoms with Crippen LogP contribution in [0.4, 0.5) is 16.2 Å². The van der Waals surface area contributed by atoms with E-state index in [1.807, 2.05) is 18.2 Å². The van der Waals surface area contributed by atoms with Crippen LogP contribution in [0, 0.1) is 17.7 Å². The molecule has 1 saturated carbocycles. The molecule has 0 unspecified atom stereocenters. The number of anilines is 2. The second-order valence-electron chi connectivity index (χ2n) is 9.53. The van der Waals surface area contributed by atoms with Gasteiger partial charge < -0.3 is 15.5 Å². The molecule has 0 bridgehead atoms. The first-order valence-corrected chi connectivity index (χ1v) is 12.2. The van der Waals surface area contributed by atoms with Crippen molar-refractivity contribution >= 4 is 40.7 Å². The van der Waals surface area contributed by atoms with Crippen molar-refractivity contribution in [2.45, 2.75) is 51.4 Å². The lowest BCUT2D eigenvalue weighted by Crippen LogP contribution is -2.41. The van der Waals surface area contributed by atoms with E-state index in [2.05, 4.69) is 39.3 Å². The average molecular weight is 476 g/mol. The van der Waals surface area contributed by atoms with Gasteiger partial charge in [0.1, 0.15) is 16.8 Å². The molecule has 1 aromatic heterocycles. The van der Waals surface area contributed by atoms with Crippen molar-refractivity contribution in [2.75, 3.05) is 29.9 Å². The van der Waals surface area contributed by atoms with E-state index in [1.54, 1.807) is 0 Å². The number of thiocarbonyl (C=S) groups is 1. The van der Waals surface area contributed by atoms with Gasteiger partial charge in [-0.25, -0.2) is 9.37 Å². The minimum Gasteiger partial charge on any atom is -0.361 e. The molecular weight excluding hydrogens is 445 g/mol. The Morgan fingerprint density at radius 1 is 1.16 bits per heavy atom. The van der Waals surface area contributed by atoms with Gasteiger partial charge in [-0.05, 0) is 61.0 Å². The number of nitrogens with zero attached hydrogens (tertiary/aromatic N) is 3. The first-order chi connectivity index (χ1) is 15.3. The fourth-order valence-electron chi connectivity index (χ4n) is 5.29. The summed E-state index contributed by atoms with van der Waals surface area (Å²) in [5.74, 6) is 2.24. The molecule has 2 aliphatic rings. The first-order valence-electron chi connectivity index (χ1n) is 11.4. The van der Waals surface area contributed by atoms with E-state index in [0.29, 0.717) is 34.6 Å². The molecule has 1 aliphatic heterocycles. The highest BCUT2D eigenvalue weighted by Gasteiger charge is 2.35. The highest BCUT2D eigenvalue weighted by molar-refractivity contribution is 7.80. The van der Waals surface area contributed by atoms with Gasteiger partial charge in [0, 0.05) is 31.1 Å². The van der Waals surface area contributed by atoms with Gasteiger partial charge in [0.15, 0.2) is 5.11 Å². The summed E-state index contributed by atoms with van der Waals surface area (Å²) in [7, 11) is 0. The minimum absolute atomic E-state index is 0.0418. The lowest BCUT2D eigenvalue weighted by atomic mass is 9.79. The predicted molar refractivity (Wildman–Crippen MR) is 133 cm³/mol. The number of aromatic nitrogens is 2. The van der Waals surface area contributed by atoms with Crippen molar-refractivity contribution in [1.29, 1.82) is 0 Å². The molecule has 0 amide bonds. The summed E-state index contributed by atoms with van der Waals surface area (Å²) in [4.78, 5) is 11.3. The van der Waals surface area contributed by atoms with Crippen LogP contribution in [0.2, 0.25) is 5.15 Å². The highest BCUT2D eigenvalue weighted by Crippen LogP contribution is 2.40. The van der Waals surface area contributed by atoms with E-state index < -0.39 is 0 Å². The van der Waals surface area contributed by atoms with Gasteiger partial charge in [-0.2, -0.15) is 4.98 Å². The van der Waals surface area contributed by atoms with Gasteiger partial charge in [0.25, 0.3) is 0 Å². The zero-order chi connectivity index (χ0) is 22.7. The van der Waals surface area contributed by atoms with Gasteiger partial charge in [-0.1, -0.05) is 50.4 Å². The fourth-order valence-corrected chi connectivity index (χ4v) is 5.63. The standard InChI is InChI=1S/C24H31ClFN5S/c1-16-11-17(2)14-31(13-16)21-12-20(25)28-22(29-21)30-23(32)27-15-24(9-3-4-10-24)18-5-7-19(26)8-6-18/h5-8,12,16-17H,3-4,9-11,13-15H2,1-2H3,(H2,27,28,29,30,32)/t16-,17-/m1/s1. The van der Waals surface area contributed by atoms with Crippen molar-refractivity contribution < 1.29 is 4.39 Å². The first kappa shape index (κ1) is 23.2. The summed E-state index contributed by atoms with van der Waals surface area (Å²) in [6, 6.07) is 8.68. The molecule has 0 radical (unpaired) electrons. The summed E-state index contributed by atoms with van der Waals surface area (Å²) in [5, 5.41) is 7.32. The molecule has 172 valence electrons. The Morgan fingerprint density at radius 3 is 2.47 bits per heavy atom. The van der Waals surface area contributed by atoms with Crippen molar-refractivity contribution in [3.8, 4) is 0 Å². The Labute approximate surface area is 200 Å². The monoisotopic (exact) mass is 475 g/mol. The van der Waals surface area contributed by atoms with Crippen LogP contribution in [-0.2, 0) is 5.41 Å². The third kappa shape index (κ3) is 5.49. The van der Waals surface area contributed by atoms with Crippen LogP contribution in [0.25, 0.3) is 0 Å². The van der Waals surface area contributed by atoms with Crippen LogP contribution in [0.1, 0.15) is 51.5 Å². The smallest absolute Gasteiger partial charge is 0.232 e. The maximum atomic E-state index is 13.4. The number of hydrogen-bond acceptors (Lipinski definition) is 4. The third-order valence-electron chi connectivity index (χ3n) is 6.70. The second kappa shape index (κ2) is 9.87. The molecule has 1 saturated heterocycles. The zero-order valence-corrected chi connectivity index (χ0v) is 20.3. The molecule has 1 aliphatic carbocycles. The van der Waals surface area contributed by atoms with Crippen LogP contribution in [0.5, 0.6) is 0 Å². The SMILES string of the molecule is C[C@@H]1C[C@@H](C)CN(c2cc(Cl)nc(NC(=S)NCC3(c4ccc(F)cc4)CCCC3)n2)C1. The van der Waals surface area contributed by atoms with E-state index in [0.717, 1.165) is 50.2 Å². The lowest BCUT2D eigenvalue weighted by Gasteiger charge is -2.35. The molecule has 4 rings (SSSR count). The molecule has 0 spiro atoms. The van der Waals surface area contributed by atoms with Crippen molar-refractivity contribution in [2.24, 2.45) is 11.8 Å².